The van der Waals surface area contributed by atoms with Crippen LogP contribution in [0.3, 0.4) is 0 Å². The first kappa shape index (κ1) is 12.9. The van der Waals surface area contributed by atoms with Crippen molar-refractivity contribution in [1.82, 2.24) is 0 Å². The lowest BCUT2D eigenvalue weighted by Crippen LogP contribution is -1.96. The van der Waals surface area contributed by atoms with Gasteiger partial charge in [0.25, 0.3) is 0 Å². The molecule has 21 heavy (non-hydrogen) atoms. The number of hydrogen-bond acceptors (Lipinski definition) is 3. The summed E-state index contributed by atoms with van der Waals surface area (Å²) in [5, 5.41) is 15.1. The van der Waals surface area contributed by atoms with Crippen LogP contribution in [0.25, 0.3) is 21.1 Å². The van der Waals surface area contributed by atoms with Crippen molar-refractivity contribution in [2.75, 3.05) is 0 Å². The van der Waals surface area contributed by atoms with Gasteiger partial charge in [0.2, 0.25) is 0 Å². The summed E-state index contributed by atoms with van der Waals surface area (Å²) in [7, 11) is 0. The zero-order valence-corrected chi connectivity index (χ0v) is 12.5. The smallest absolute Gasteiger partial charge is 0.153 e. The second kappa shape index (κ2) is 4.88. The first-order valence-corrected chi connectivity index (χ1v) is 7.82. The Kier molecular flexibility index (Phi) is 3.00. The van der Waals surface area contributed by atoms with Crippen molar-refractivity contribution in [2.45, 2.75) is 6.10 Å². The third kappa shape index (κ3) is 2.05. The molecule has 1 atom stereocenters. The van der Waals surface area contributed by atoms with Gasteiger partial charge in [-0.25, -0.2) is 0 Å². The van der Waals surface area contributed by atoms with E-state index >= 15 is 0 Å². The highest BCUT2D eigenvalue weighted by molar-refractivity contribution is 7.17. The number of fused-ring (bicyclic) bond motifs is 2. The molecular weight excluding hydrogens is 304 g/mol. The maximum Gasteiger partial charge on any atom is 0.153 e. The predicted molar refractivity (Wildman–Crippen MR) is 87.1 cm³/mol. The Bertz CT molecular complexity index is 938. The third-order valence-electron chi connectivity index (χ3n) is 3.59. The van der Waals surface area contributed by atoms with Crippen LogP contribution in [0.1, 0.15) is 17.4 Å². The topological polar surface area (TPSA) is 33.4 Å². The maximum absolute atomic E-state index is 10.6. The number of para-hydroxylation sites is 1. The molecule has 0 radical (unpaired) electrons. The number of thiophene rings is 1. The number of rotatable bonds is 2. The van der Waals surface area contributed by atoms with Crippen molar-refractivity contribution < 1.29 is 9.52 Å². The molecule has 0 saturated carbocycles. The Morgan fingerprint density at radius 2 is 1.95 bits per heavy atom. The van der Waals surface area contributed by atoms with Crippen molar-refractivity contribution in [3.05, 3.63) is 70.3 Å². The molecule has 4 heteroatoms. The van der Waals surface area contributed by atoms with E-state index in [-0.39, 0.29) is 0 Å². The van der Waals surface area contributed by atoms with E-state index in [2.05, 4.69) is 0 Å². The van der Waals surface area contributed by atoms with E-state index in [1.165, 1.54) is 0 Å². The second-order valence-corrected chi connectivity index (χ2v) is 6.22. The summed E-state index contributed by atoms with van der Waals surface area (Å²) in [5.74, 6) is 0.515. The first-order chi connectivity index (χ1) is 10.2. The zero-order valence-electron chi connectivity index (χ0n) is 10.9. The summed E-state index contributed by atoms with van der Waals surface area (Å²) in [6.45, 7) is 0. The molecule has 1 N–H and O–H groups in total. The van der Waals surface area contributed by atoms with E-state index < -0.39 is 6.10 Å². The molecule has 1 unspecified atom stereocenters. The quantitative estimate of drug-likeness (QED) is 0.538. The first-order valence-electron chi connectivity index (χ1n) is 6.56. The lowest BCUT2D eigenvalue weighted by molar-refractivity contribution is 0.194. The zero-order chi connectivity index (χ0) is 14.4. The molecule has 4 aromatic rings. The number of furan rings is 1. The predicted octanol–water partition coefficient (Wildman–Crippen LogP) is 5.38. The molecule has 0 aliphatic heterocycles. The summed E-state index contributed by atoms with van der Waals surface area (Å²) < 4.78 is 6.91. The van der Waals surface area contributed by atoms with Crippen LogP contribution in [0.15, 0.2) is 58.3 Å². The van der Waals surface area contributed by atoms with Crippen LogP contribution in [0.5, 0.6) is 0 Å². The van der Waals surface area contributed by atoms with Gasteiger partial charge in [0.05, 0.1) is 5.02 Å². The van der Waals surface area contributed by atoms with Crippen LogP contribution < -0.4 is 0 Å². The standard InChI is InChI=1S/C17H11ClO2S/c18-13-6-3-4-10-8-14(20-17(10)13)16(19)12-9-21-15-7-2-1-5-11(12)15/h1-9,16,19H. The minimum atomic E-state index is -0.787. The van der Waals surface area contributed by atoms with Gasteiger partial charge in [0.15, 0.2) is 5.58 Å². The largest absolute Gasteiger partial charge is 0.456 e. The Balaban J connectivity index is 1.86. The minimum Gasteiger partial charge on any atom is -0.456 e. The molecule has 0 aliphatic rings. The normalized spacial score (nSPS) is 13.0. The summed E-state index contributed by atoms with van der Waals surface area (Å²) in [4.78, 5) is 0. The molecule has 2 aromatic carbocycles. The molecule has 0 saturated heterocycles. The highest BCUT2D eigenvalue weighted by Crippen LogP contribution is 2.36. The fraction of sp³-hybridized carbons (Fsp3) is 0.0588. The number of benzene rings is 2. The average Bonchev–Trinajstić information content (AvgIpc) is 3.11. The van der Waals surface area contributed by atoms with Gasteiger partial charge in [-0.05, 0) is 29.0 Å². The van der Waals surface area contributed by atoms with E-state index in [0.29, 0.717) is 16.4 Å². The summed E-state index contributed by atoms with van der Waals surface area (Å²) in [5.41, 5.74) is 1.48. The lowest BCUT2D eigenvalue weighted by Gasteiger charge is -2.06. The number of hydrogen-bond donors (Lipinski definition) is 1. The van der Waals surface area contributed by atoms with E-state index in [4.69, 9.17) is 16.0 Å². The van der Waals surface area contributed by atoms with Gasteiger partial charge < -0.3 is 9.52 Å². The molecule has 0 amide bonds. The average molecular weight is 315 g/mol. The van der Waals surface area contributed by atoms with Crippen molar-refractivity contribution in [3.63, 3.8) is 0 Å². The fourth-order valence-electron chi connectivity index (χ4n) is 2.55. The lowest BCUT2D eigenvalue weighted by atomic mass is 10.1. The molecule has 4 rings (SSSR count). The van der Waals surface area contributed by atoms with Gasteiger partial charge in [-0.1, -0.05) is 41.9 Å². The van der Waals surface area contributed by atoms with Crippen LogP contribution in [0.4, 0.5) is 0 Å². The van der Waals surface area contributed by atoms with E-state index in [0.717, 1.165) is 21.0 Å². The van der Waals surface area contributed by atoms with Crippen LogP contribution in [0, 0.1) is 0 Å². The Labute approximate surface area is 130 Å². The van der Waals surface area contributed by atoms with Crippen molar-refractivity contribution in [2.24, 2.45) is 0 Å². The molecule has 2 aromatic heterocycles. The van der Waals surface area contributed by atoms with Gasteiger partial charge in [0.1, 0.15) is 11.9 Å². The Hall–Kier alpha value is -1.81. The van der Waals surface area contributed by atoms with E-state index in [9.17, 15) is 5.11 Å². The molecule has 0 aliphatic carbocycles. The van der Waals surface area contributed by atoms with Crippen molar-refractivity contribution >= 4 is 44.0 Å². The van der Waals surface area contributed by atoms with Crippen LogP contribution >= 0.6 is 22.9 Å². The summed E-state index contributed by atoms with van der Waals surface area (Å²) in [6, 6.07) is 15.5. The Morgan fingerprint density at radius 3 is 2.81 bits per heavy atom. The highest BCUT2D eigenvalue weighted by Gasteiger charge is 2.19. The second-order valence-electron chi connectivity index (χ2n) is 4.90. The summed E-state index contributed by atoms with van der Waals surface area (Å²) in [6.07, 6.45) is -0.787. The molecule has 0 fully saturated rings. The molecule has 2 nitrogen and oxygen atoms in total. The van der Waals surface area contributed by atoms with Crippen molar-refractivity contribution in [1.29, 1.82) is 0 Å². The van der Waals surface area contributed by atoms with Crippen LogP contribution in [-0.4, -0.2) is 5.11 Å². The number of halogens is 1. The van der Waals surface area contributed by atoms with E-state index in [1.807, 2.05) is 47.8 Å². The van der Waals surface area contributed by atoms with Crippen LogP contribution in [-0.2, 0) is 0 Å². The fourth-order valence-corrected chi connectivity index (χ4v) is 3.75. The SMILES string of the molecule is OC(c1cc2cccc(Cl)c2o1)c1csc2ccccc12. The number of aliphatic hydroxyl groups is 1. The van der Waals surface area contributed by atoms with Gasteiger partial charge in [0, 0.05) is 15.6 Å². The van der Waals surface area contributed by atoms with Gasteiger partial charge in [-0.3, -0.25) is 0 Å². The molecule has 2 heterocycles. The van der Waals surface area contributed by atoms with E-state index in [1.54, 1.807) is 17.4 Å². The molecule has 0 spiro atoms. The van der Waals surface area contributed by atoms with Crippen molar-refractivity contribution in [3.8, 4) is 0 Å². The van der Waals surface area contributed by atoms with Gasteiger partial charge >= 0.3 is 0 Å². The molecule has 104 valence electrons. The van der Waals surface area contributed by atoms with Crippen LogP contribution in [0.2, 0.25) is 5.02 Å². The highest BCUT2D eigenvalue weighted by atomic mass is 35.5. The maximum atomic E-state index is 10.6. The third-order valence-corrected chi connectivity index (χ3v) is 4.87. The monoisotopic (exact) mass is 314 g/mol. The van der Waals surface area contributed by atoms with Gasteiger partial charge in [-0.2, -0.15) is 0 Å². The van der Waals surface area contributed by atoms with Gasteiger partial charge in [-0.15, -0.1) is 11.3 Å². The Morgan fingerprint density at radius 1 is 1.10 bits per heavy atom. The molecular formula is C17H11ClO2S. The minimum absolute atomic E-state index is 0.515. The summed E-state index contributed by atoms with van der Waals surface area (Å²) >= 11 is 7.74. The number of aliphatic hydroxyl groups excluding tert-OH is 1. The molecule has 0 bridgehead atoms.